The third-order valence-corrected chi connectivity index (χ3v) is 6.06. The third-order valence-electron chi connectivity index (χ3n) is 4.86. The smallest absolute Gasteiger partial charge is 0.307 e. The Morgan fingerprint density at radius 2 is 1.88 bits per heavy atom. The van der Waals surface area contributed by atoms with Crippen LogP contribution in [0.3, 0.4) is 0 Å². The highest BCUT2D eigenvalue weighted by molar-refractivity contribution is 7.16. The van der Waals surface area contributed by atoms with Crippen molar-refractivity contribution in [1.29, 1.82) is 5.26 Å². The van der Waals surface area contributed by atoms with Crippen molar-refractivity contribution in [2.45, 2.75) is 44.9 Å². The number of allylic oxidation sites excluding steroid dienone is 2. The molecule has 0 spiro atoms. The molecule has 3 rings (SSSR count). The van der Waals surface area contributed by atoms with Crippen LogP contribution >= 0.6 is 11.3 Å². The fourth-order valence-electron chi connectivity index (χ4n) is 3.53. The van der Waals surface area contributed by atoms with Gasteiger partial charge >= 0.3 is 5.97 Å². The van der Waals surface area contributed by atoms with E-state index in [-0.39, 0.29) is 5.91 Å². The maximum absolute atomic E-state index is 12.6. The van der Waals surface area contributed by atoms with Gasteiger partial charge in [0.25, 0.3) is 0 Å². The number of amides is 1. The largest absolute Gasteiger partial charge is 0.481 e. The van der Waals surface area contributed by atoms with E-state index in [1.54, 1.807) is 0 Å². The van der Waals surface area contributed by atoms with Gasteiger partial charge in [0.2, 0.25) is 5.91 Å². The van der Waals surface area contributed by atoms with Gasteiger partial charge in [-0.2, -0.15) is 5.26 Å². The molecule has 6 heteroatoms. The molecule has 1 heterocycles. The minimum absolute atomic E-state index is 0.292. The number of fused-ring (bicyclic) bond motifs is 1. The summed E-state index contributed by atoms with van der Waals surface area (Å²) in [6.45, 7) is 0. The molecule has 1 amide bonds. The van der Waals surface area contributed by atoms with Gasteiger partial charge in [-0.05, 0) is 44.1 Å². The zero-order valence-corrected chi connectivity index (χ0v) is 14.2. The van der Waals surface area contributed by atoms with Crippen molar-refractivity contribution >= 4 is 28.2 Å². The summed E-state index contributed by atoms with van der Waals surface area (Å²) in [5, 5.41) is 22.3. The van der Waals surface area contributed by atoms with Crippen LogP contribution in [-0.2, 0) is 22.4 Å². The average Bonchev–Trinajstić information content (AvgIpc) is 2.74. The minimum Gasteiger partial charge on any atom is -0.481 e. The van der Waals surface area contributed by atoms with Crippen LogP contribution in [0.2, 0.25) is 0 Å². The molecule has 1 aromatic rings. The number of hydrogen-bond donors (Lipinski definition) is 2. The lowest BCUT2D eigenvalue weighted by Gasteiger charge is -2.23. The van der Waals surface area contributed by atoms with Gasteiger partial charge in [0, 0.05) is 4.88 Å². The first-order valence-corrected chi connectivity index (χ1v) is 9.16. The van der Waals surface area contributed by atoms with E-state index in [2.05, 4.69) is 11.4 Å². The molecule has 0 aliphatic heterocycles. The number of aryl methyl sites for hydroxylation is 1. The quantitative estimate of drug-likeness (QED) is 0.649. The molecule has 2 aliphatic rings. The Balaban J connectivity index is 1.83. The van der Waals surface area contributed by atoms with Crippen molar-refractivity contribution in [1.82, 2.24) is 0 Å². The number of nitriles is 1. The molecule has 0 saturated carbocycles. The van der Waals surface area contributed by atoms with Crippen LogP contribution in [0.15, 0.2) is 12.2 Å². The number of anilines is 1. The molecule has 0 saturated heterocycles. The SMILES string of the molecule is N#Cc1c(NC(=O)[C@H]2CC=CC[C@@H]2C(=O)O)sc2c1CCCCC2. The number of rotatable bonds is 3. The van der Waals surface area contributed by atoms with E-state index in [9.17, 15) is 20.0 Å². The molecule has 0 bridgehead atoms. The van der Waals surface area contributed by atoms with E-state index in [1.807, 2.05) is 12.2 Å². The van der Waals surface area contributed by atoms with Gasteiger partial charge in [-0.1, -0.05) is 18.6 Å². The predicted octanol–water partition coefficient (Wildman–Crippen LogP) is 3.49. The van der Waals surface area contributed by atoms with Crippen LogP contribution in [-0.4, -0.2) is 17.0 Å². The van der Waals surface area contributed by atoms with E-state index in [0.717, 1.165) is 31.2 Å². The van der Waals surface area contributed by atoms with Gasteiger partial charge in [0.05, 0.1) is 17.4 Å². The van der Waals surface area contributed by atoms with E-state index in [0.29, 0.717) is 23.4 Å². The highest BCUT2D eigenvalue weighted by Crippen LogP contribution is 2.38. The van der Waals surface area contributed by atoms with Crippen molar-refractivity contribution in [3.8, 4) is 6.07 Å². The first kappa shape index (κ1) is 16.7. The summed E-state index contributed by atoms with van der Waals surface area (Å²) in [5.41, 5.74) is 1.65. The Labute approximate surface area is 145 Å². The lowest BCUT2D eigenvalue weighted by atomic mass is 9.82. The maximum atomic E-state index is 12.6. The summed E-state index contributed by atoms with van der Waals surface area (Å²) in [6, 6.07) is 2.24. The molecule has 2 aliphatic carbocycles. The molecule has 24 heavy (non-hydrogen) atoms. The first-order chi connectivity index (χ1) is 11.6. The summed E-state index contributed by atoms with van der Waals surface area (Å²) in [7, 11) is 0. The van der Waals surface area contributed by atoms with Crippen LogP contribution < -0.4 is 5.32 Å². The summed E-state index contributed by atoms with van der Waals surface area (Å²) in [5.74, 6) is -2.51. The predicted molar refractivity (Wildman–Crippen MR) is 91.9 cm³/mol. The van der Waals surface area contributed by atoms with Crippen molar-refractivity contribution in [3.63, 3.8) is 0 Å². The van der Waals surface area contributed by atoms with Crippen molar-refractivity contribution in [2.24, 2.45) is 11.8 Å². The summed E-state index contributed by atoms with van der Waals surface area (Å²) in [4.78, 5) is 25.2. The van der Waals surface area contributed by atoms with Crippen molar-refractivity contribution in [3.05, 3.63) is 28.2 Å². The van der Waals surface area contributed by atoms with Gasteiger partial charge in [0.1, 0.15) is 11.1 Å². The molecule has 5 nitrogen and oxygen atoms in total. The number of carbonyl (C=O) groups is 2. The Morgan fingerprint density at radius 3 is 2.58 bits per heavy atom. The molecular formula is C18H20N2O3S. The molecule has 2 N–H and O–H groups in total. The van der Waals surface area contributed by atoms with Gasteiger partial charge in [-0.15, -0.1) is 11.3 Å². The summed E-state index contributed by atoms with van der Waals surface area (Å²) in [6.07, 6.45) is 9.66. The molecule has 1 aromatic heterocycles. The molecule has 0 fully saturated rings. The van der Waals surface area contributed by atoms with E-state index in [4.69, 9.17) is 0 Å². The molecular weight excluding hydrogens is 324 g/mol. The van der Waals surface area contributed by atoms with Gasteiger partial charge < -0.3 is 10.4 Å². The number of hydrogen-bond acceptors (Lipinski definition) is 4. The molecule has 0 aromatic carbocycles. The normalized spacial score (nSPS) is 23.0. The molecule has 0 radical (unpaired) electrons. The second-order valence-electron chi connectivity index (χ2n) is 6.36. The Kier molecular flexibility index (Phi) is 5.00. The Morgan fingerprint density at radius 1 is 1.17 bits per heavy atom. The monoisotopic (exact) mass is 344 g/mol. The lowest BCUT2D eigenvalue weighted by molar-refractivity contribution is -0.146. The van der Waals surface area contributed by atoms with E-state index in [1.165, 1.54) is 22.6 Å². The van der Waals surface area contributed by atoms with Crippen LogP contribution in [0, 0.1) is 23.2 Å². The highest BCUT2D eigenvalue weighted by Gasteiger charge is 2.34. The molecule has 0 unspecified atom stereocenters. The van der Waals surface area contributed by atoms with E-state index < -0.39 is 17.8 Å². The molecule has 126 valence electrons. The zero-order chi connectivity index (χ0) is 17.1. The number of nitrogens with one attached hydrogen (secondary N) is 1. The van der Waals surface area contributed by atoms with Gasteiger partial charge in [-0.3, -0.25) is 9.59 Å². The Hall–Kier alpha value is -2.13. The van der Waals surface area contributed by atoms with Crippen molar-refractivity contribution in [2.75, 3.05) is 5.32 Å². The number of aliphatic carboxylic acids is 1. The number of carbonyl (C=O) groups excluding carboxylic acids is 1. The highest BCUT2D eigenvalue weighted by atomic mass is 32.1. The summed E-state index contributed by atoms with van der Waals surface area (Å²) >= 11 is 1.48. The van der Waals surface area contributed by atoms with Crippen LogP contribution in [0.1, 0.15) is 48.1 Å². The zero-order valence-electron chi connectivity index (χ0n) is 13.4. The second kappa shape index (κ2) is 7.18. The fourth-order valence-corrected chi connectivity index (χ4v) is 4.77. The topological polar surface area (TPSA) is 90.2 Å². The second-order valence-corrected chi connectivity index (χ2v) is 7.47. The minimum atomic E-state index is -0.943. The summed E-state index contributed by atoms with van der Waals surface area (Å²) < 4.78 is 0. The van der Waals surface area contributed by atoms with Crippen LogP contribution in [0.4, 0.5) is 5.00 Å². The standard InChI is InChI=1S/C18H20N2O3S/c19-10-14-11-6-2-1-3-9-15(11)24-17(14)20-16(21)12-7-4-5-8-13(12)18(22)23/h4-5,12-13H,1-3,6-9H2,(H,20,21)(H,22,23)/t12-,13-/m0/s1. The number of thiophene rings is 1. The first-order valence-electron chi connectivity index (χ1n) is 8.35. The number of carboxylic acid groups (broad SMARTS) is 1. The number of carboxylic acids is 1. The third kappa shape index (κ3) is 3.22. The van der Waals surface area contributed by atoms with Crippen molar-refractivity contribution < 1.29 is 14.7 Å². The fraction of sp³-hybridized carbons (Fsp3) is 0.500. The van der Waals surface area contributed by atoms with Gasteiger partial charge in [0.15, 0.2) is 0 Å². The molecule has 2 atom stereocenters. The van der Waals surface area contributed by atoms with Crippen LogP contribution in [0.5, 0.6) is 0 Å². The Bertz CT molecular complexity index is 729. The van der Waals surface area contributed by atoms with Gasteiger partial charge in [-0.25, -0.2) is 0 Å². The van der Waals surface area contributed by atoms with Crippen LogP contribution in [0.25, 0.3) is 0 Å². The number of nitrogens with zero attached hydrogens (tertiary/aromatic N) is 1. The maximum Gasteiger partial charge on any atom is 0.307 e. The van der Waals surface area contributed by atoms with E-state index >= 15 is 0 Å². The lowest BCUT2D eigenvalue weighted by Crippen LogP contribution is -2.34. The average molecular weight is 344 g/mol.